The maximum Gasteiger partial charge on any atom is 0.123 e. The van der Waals surface area contributed by atoms with Crippen molar-refractivity contribution in [3.05, 3.63) is 29.3 Å². The van der Waals surface area contributed by atoms with E-state index in [-0.39, 0.29) is 12.5 Å². The molecule has 0 aliphatic heterocycles. The molecule has 16 heavy (non-hydrogen) atoms. The van der Waals surface area contributed by atoms with Crippen LogP contribution in [0.25, 0.3) is 0 Å². The van der Waals surface area contributed by atoms with E-state index in [2.05, 4.69) is 39.0 Å². The van der Waals surface area contributed by atoms with Crippen molar-refractivity contribution in [3.63, 3.8) is 0 Å². The molecule has 0 amide bonds. The van der Waals surface area contributed by atoms with Crippen LogP contribution in [-0.4, -0.2) is 18.3 Å². The van der Waals surface area contributed by atoms with Gasteiger partial charge in [0.25, 0.3) is 0 Å². The molecule has 0 aliphatic carbocycles. The van der Waals surface area contributed by atoms with Gasteiger partial charge in [0, 0.05) is 12.5 Å². The molecule has 2 heteroatoms. The summed E-state index contributed by atoms with van der Waals surface area (Å²) < 4.78 is 5.77. The minimum Gasteiger partial charge on any atom is -0.493 e. The molecular formula is C14H22O2. The van der Waals surface area contributed by atoms with Crippen LogP contribution in [0.15, 0.2) is 18.2 Å². The fraction of sp³-hybridized carbons (Fsp3) is 0.571. The summed E-state index contributed by atoms with van der Waals surface area (Å²) in [6.45, 7) is 9.10. The molecule has 0 bridgehead atoms. The third-order valence-corrected chi connectivity index (χ3v) is 2.63. The summed E-state index contributed by atoms with van der Waals surface area (Å²) in [6.07, 6.45) is 0. The van der Waals surface area contributed by atoms with Crippen LogP contribution in [0, 0.1) is 12.8 Å². The second-order valence-electron chi connectivity index (χ2n) is 4.79. The molecule has 1 atom stereocenters. The summed E-state index contributed by atoms with van der Waals surface area (Å²) in [5.41, 5.74) is 2.44. The van der Waals surface area contributed by atoms with Crippen LogP contribution in [0.5, 0.6) is 5.75 Å². The quantitative estimate of drug-likeness (QED) is 0.829. The van der Waals surface area contributed by atoms with Crippen LogP contribution in [0.4, 0.5) is 0 Å². The SMILES string of the molecule is Cc1ccc(C(C)C)c(OCC(C)CO)c1. The summed E-state index contributed by atoms with van der Waals surface area (Å²) in [6, 6.07) is 6.30. The minimum absolute atomic E-state index is 0.169. The van der Waals surface area contributed by atoms with E-state index in [0.717, 1.165) is 5.75 Å². The van der Waals surface area contributed by atoms with E-state index >= 15 is 0 Å². The van der Waals surface area contributed by atoms with E-state index in [1.165, 1.54) is 11.1 Å². The van der Waals surface area contributed by atoms with Crippen molar-refractivity contribution in [2.24, 2.45) is 5.92 Å². The molecule has 0 radical (unpaired) electrons. The van der Waals surface area contributed by atoms with Crippen molar-refractivity contribution in [1.82, 2.24) is 0 Å². The minimum atomic E-state index is 0.169. The third-order valence-electron chi connectivity index (χ3n) is 2.63. The number of hydrogen-bond donors (Lipinski definition) is 1. The number of hydrogen-bond acceptors (Lipinski definition) is 2. The Morgan fingerprint density at radius 2 is 1.94 bits per heavy atom. The van der Waals surface area contributed by atoms with Gasteiger partial charge in [-0.2, -0.15) is 0 Å². The number of aryl methyl sites for hydroxylation is 1. The topological polar surface area (TPSA) is 29.5 Å². The van der Waals surface area contributed by atoms with Gasteiger partial charge in [-0.25, -0.2) is 0 Å². The summed E-state index contributed by atoms with van der Waals surface area (Å²) in [5.74, 6) is 1.59. The van der Waals surface area contributed by atoms with Crippen LogP contribution >= 0.6 is 0 Å². The predicted molar refractivity (Wildman–Crippen MR) is 67.0 cm³/mol. The Kier molecular flexibility index (Phi) is 4.81. The second kappa shape index (κ2) is 5.90. The van der Waals surface area contributed by atoms with Gasteiger partial charge in [0.05, 0.1) is 6.61 Å². The van der Waals surface area contributed by atoms with Gasteiger partial charge in [0.15, 0.2) is 0 Å². The van der Waals surface area contributed by atoms with Gasteiger partial charge >= 0.3 is 0 Å². The second-order valence-corrected chi connectivity index (χ2v) is 4.79. The first kappa shape index (κ1) is 13.0. The molecule has 1 rings (SSSR count). The molecule has 0 saturated heterocycles. The van der Waals surface area contributed by atoms with Gasteiger partial charge in [-0.3, -0.25) is 0 Å². The van der Waals surface area contributed by atoms with E-state index in [9.17, 15) is 0 Å². The van der Waals surface area contributed by atoms with E-state index in [0.29, 0.717) is 12.5 Å². The van der Waals surface area contributed by atoms with E-state index in [1.54, 1.807) is 0 Å². The van der Waals surface area contributed by atoms with Crippen LogP contribution in [0.2, 0.25) is 0 Å². The van der Waals surface area contributed by atoms with Crippen LogP contribution < -0.4 is 4.74 Å². The predicted octanol–water partition coefficient (Wildman–Crippen LogP) is 3.13. The number of aliphatic hydroxyl groups is 1. The Morgan fingerprint density at radius 3 is 2.50 bits per heavy atom. The molecule has 0 fully saturated rings. The first-order valence-corrected chi connectivity index (χ1v) is 5.88. The molecule has 1 aromatic rings. The van der Waals surface area contributed by atoms with E-state index < -0.39 is 0 Å². The molecule has 2 nitrogen and oxygen atoms in total. The lowest BCUT2D eigenvalue weighted by Gasteiger charge is -2.16. The molecule has 0 spiro atoms. The Balaban J connectivity index is 2.80. The maximum atomic E-state index is 8.97. The molecule has 0 aliphatic rings. The van der Waals surface area contributed by atoms with Gasteiger partial charge in [0.1, 0.15) is 5.75 Å². The molecule has 0 heterocycles. The lowest BCUT2D eigenvalue weighted by atomic mass is 10.0. The van der Waals surface area contributed by atoms with Crippen LogP contribution in [0.3, 0.4) is 0 Å². The summed E-state index contributed by atoms with van der Waals surface area (Å²) in [7, 11) is 0. The molecule has 0 aromatic heterocycles. The van der Waals surface area contributed by atoms with Crippen molar-refractivity contribution in [2.45, 2.75) is 33.6 Å². The zero-order valence-corrected chi connectivity index (χ0v) is 10.7. The highest BCUT2D eigenvalue weighted by atomic mass is 16.5. The fourth-order valence-corrected chi connectivity index (χ4v) is 1.53. The summed E-state index contributed by atoms with van der Waals surface area (Å²) in [4.78, 5) is 0. The van der Waals surface area contributed by atoms with E-state index in [1.807, 2.05) is 6.92 Å². The third kappa shape index (κ3) is 3.53. The van der Waals surface area contributed by atoms with Crippen LogP contribution in [0.1, 0.15) is 37.8 Å². The fourth-order valence-electron chi connectivity index (χ4n) is 1.53. The monoisotopic (exact) mass is 222 g/mol. The highest BCUT2D eigenvalue weighted by Crippen LogP contribution is 2.27. The largest absolute Gasteiger partial charge is 0.493 e. The normalized spacial score (nSPS) is 12.9. The molecule has 1 unspecified atom stereocenters. The van der Waals surface area contributed by atoms with Crippen molar-refractivity contribution in [1.29, 1.82) is 0 Å². The molecule has 1 N–H and O–H groups in total. The van der Waals surface area contributed by atoms with Crippen molar-refractivity contribution >= 4 is 0 Å². The number of aliphatic hydroxyl groups excluding tert-OH is 1. The van der Waals surface area contributed by atoms with Gasteiger partial charge in [-0.15, -0.1) is 0 Å². The molecule has 0 saturated carbocycles. The summed E-state index contributed by atoms with van der Waals surface area (Å²) in [5, 5.41) is 8.97. The Hall–Kier alpha value is -1.02. The molecule has 1 aromatic carbocycles. The lowest BCUT2D eigenvalue weighted by Crippen LogP contribution is -2.13. The van der Waals surface area contributed by atoms with Crippen molar-refractivity contribution in [2.75, 3.05) is 13.2 Å². The standard InChI is InChI=1S/C14H22O2/c1-10(2)13-6-5-11(3)7-14(13)16-9-12(4)8-15/h5-7,10,12,15H,8-9H2,1-4H3. The highest BCUT2D eigenvalue weighted by molar-refractivity contribution is 5.39. The van der Waals surface area contributed by atoms with Gasteiger partial charge in [0.2, 0.25) is 0 Å². The zero-order chi connectivity index (χ0) is 12.1. The van der Waals surface area contributed by atoms with Crippen molar-refractivity contribution in [3.8, 4) is 5.75 Å². The molecular weight excluding hydrogens is 200 g/mol. The number of rotatable bonds is 5. The smallest absolute Gasteiger partial charge is 0.123 e. The van der Waals surface area contributed by atoms with Gasteiger partial charge < -0.3 is 9.84 Å². The Bertz CT molecular complexity index is 332. The number of benzene rings is 1. The average Bonchev–Trinajstić information content (AvgIpc) is 2.25. The Morgan fingerprint density at radius 1 is 1.25 bits per heavy atom. The van der Waals surface area contributed by atoms with Gasteiger partial charge in [-0.1, -0.05) is 32.9 Å². The van der Waals surface area contributed by atoms with Crippen LogP contribution in [-0.2, 0) is 0 Å². The first-order valence-electron chi connectivity index (χ1n) is 5.88. The zero-order valence-electron chi connectivity index (χ0n) is 10.7. The number of ether oxygens (including phenoxy) is 1. The average molecular weight is 222 g/mol. The summed E-state index contributed by atoms with van der Waals surface area (Å²) >= 11 is 0. The van der Waals surface area contributed by atoms with E-state index in [4.69, 9.17) is 9.84 Å². The highest BCUT2D eigenvalue weighted by Gasteiger charge is 2.09. The Labute approximate surface area is 98.3 Å². The van der Waals surface area contributed by atoms with Gasteiger partial charge in [-0.05, 0) is 30.0 Å². The van der Waals surface area contributed by atoms with Crippen molar-refractivity contribution < 1.29 is 9.84 Å². The maximum absolute atomic E-state index is 8.97. The lowest BCUT2D eigenvalue weighted by molar-refractivity contribution is 0.173. The molecule has 90 valence electrons. The first-order chi connectivity index (χ1) is 7.54.